The molecule has 1 N–H and O–H groups in total. The highest BCUT2D eigenvalue weighted by molar-refractivity contribution is 4.94. The largest absolute Gasteiger partial charge is 0.368 e. The molecule has 2 unspecified atom stereocenters. The van der Waals surface area contributed by atoms with Crippen LogP contribution < -0.4 is 0 Å². The van der Waals surface area contributed by atoms with Crippen LogP contribution in [0.25, 0.3) is 0 Å². The Labute approximate surface area is 80.3 Å². The Bertz CT molecular complexity index is 183. The lowest BCUT2D eigenvalue weighted by molar-refractivity contribution is -0.157. The van der Waals surface area contributed by atoms with E-state index in [1.807, 2.05) is 0 Å². The van der Waals surface area contributed by atoms with Crippen molar-refractivity contribution in [2.24, 2.45) is 11.8 Å². The first-order chi connectivity index (χ1) is 6.12. The van der Waals surface area contributed by atoms with Gasteiger partial charge in [-0.2, -0.15) is 0 Å². The van der Waals surface area contributed by atoms with Crippen molar-refractivity contribution in [3.05, 3.63) is 0 Å². The van der Waals surface area contributed by atoms with E-state index in [9.17, 15) is 5.11 Å². The molecular weight excluding hydrogens is 164 g/mol. The molecule has 0 aromatic rings. The van der Waals surface area contributed by atoms with Crippen LogP contribution in [0.2, 0.25) is 0 Å². The normalized spacial score (nSPS) is 51.5. The fraction of sp³-hybridized carbons (Fsp3) is 1.00. The van der Waals surface area contributed by atoms with Gasteiger partial charge in [0.1, 0.15) is 0 Å². The van der Waals surface area contributed by atoms with Crippen molar-refractivity contribution < 1.29 is 9.84 Å². The van der Waals surface area contributed by atoms with Crippen LogP contribution in [0.5, 0.6) is 0 Å². The molecule has 76 valence electrons. The summed E-state index contributed by atoms with van der Waals surface area (Å²) in [6.07, 6.45) is 5.14. The predicted molar refractivity (Wildman–Crippen MR) is 51.2 cm³/mol. The van der Waals surface area contributed by atoms with Crippen molar-refractivity contribution >= 4 is 0 Å². The van der Waals surface area contributed by atoms with Gasteiger partial charge in [0.05, 0.1) is 5.60 Å². The number of ether oxygens (including phenoxy) is 1. The van der Waals surface area contributed by atoms with E-state index < -0.39 is 6.29 Å². The Morgan fingerprint density at radius 2 is 1.85 bits per heavy atom. The lowest BCUT2D eigenvalue weighted by atomic mass is 9.73. The van der Waals surface area contributed by atoms with Crippen molar-refractivity contribution in [3.63, 3.8) is 0 Å². The Morgan fingerprint density at radius 1 is 1.23 bits per heavy atom. The van der Waals surface area contributed by atoms with Crippen LogP contribution in [0.1, 0.15) is 46.0 Å². The zero-order valence-corrected chi connectivity index (χ0v) is 8.62. The van der Waals surface area contributed by atoms with E-state index in [2.05, 4.69) is 13.8 Å². The van der Waals surface area contributed by atoms with Gasteiger partial charge in [-0.15, -0.1) is 0 Å². The molecule has 1 aliphatic carbocycles. The second-order valence-corrected chi connectivity index (χ2v) is 4.96. The van der Waals surface area contributed by atoms with E-state index in [4.69, 9.17) is 4.74 Å². The number of rotatable bonds is 0. The Kier molecular flexibility index (Phi) is 2.37. The molecule has 0 amide bonds. The van der Waals surface area contributed by atoms with Gasteiger partial charge < -0.3 is 9.84 Å². The Balaban J connectivity index is 2.04. The molecule has 1 saturated heterocycles. The molecule has 1 heterocycles. The second-order valence-electron chi connectivity index (χ2n) is 4.96. The predicted octanol–water partition coefficient (Wildman–Crippen LogP) is 2.31. The topological polar surface area (TPSA) is 29.5 Å². The molecule has 0 aromatic heterocycles. The molecule has 2 fully saturated rings. The Morgan fingerprint density at radius 3 is 2.31 bits per heavy atom. The van der Waals surface area contributed by atoms with Crippen LogP contribution in [-0.2, 0) is 4.74 Å². The van der Waals surface area contributed by atoms with Crippen LogP contribution in [0.3, 0.4) is 0 Å². The molecule has 0 bridgehead atoms. The highest BCUT2D eigenvalue weighted by Crippen LogP contribution is 2.46. The van der Waals surface area contributed by atoms with E-state index in [1.165, 1.54) is 12.8 Å². The molecule has 1 aliphatic heterocycles. The van der Waals surface area contributed by atoms with Crippen molar-refractivity contribution in [3.8, 4) is 0 Å². The fourth-order valence-electron chi connectivity index (χ4n) is 2.81. The maximum Gasteiger partial charge on any atom is 0.155 e. The lowest BCUT2D eigenvalue weighted by Gasteiger charge is -2.38. The molecule has 2 aliphatic rings. The summed E-state index contributed by atoms with van der Waals surface area (Å²) in [7, 11) is 0. The summed E-state index contributed by atoms with van der Waals surface area (Å²) in [5, 5.41) is 9.46. The molecule has 2 atom stereocenters. The third kappa shape index (κ3) is 1.62. The van der Waals surface area contributed by atoms with Gasteiger partial charge in [-0.3, -0.25) is 0 Å². The first kappa shape index (κ1) is 9.47. The molecule has 13 heavy (non-hydrogen) atoms. The third-order valence-corrected chi connectivity index (χ3v) is 3.94. The minimum atomic E-state index is -0.497. The van der Waals surface area contributed by atoms with Crippen LogP contribution >= 0.6 is 0 Å². The Hall–Kier alpha value is -0.0800. The molecule has 1 saturated carbocycles. The summed E-state index contributed by atoms with van der Waals surface area (Å²) >= 11 is 0. The number of aliphatic hydroxyl groups excluding tert-OH is 1. The summed E-state index contributed by atoms with van der Waals surface area (Å²) in [6, 6.07) is 0. The molecular formula is C11H20O2. The number of hydrogen-bond donors (Lipinski definition) is 1. The fourth-order valence-corrected chi connectivity index (χ4v) is 2.81. The smallest absolute Gasteiger partial charge is 0.155 e. The second kappa shape index (κ2) is 3.25. The van der Waals surface area contributed by atoms with Crippen molar-refractivity contribution in [1.29, 1.82) is 0 Å². The summed E-state index contributed by atoms with van der Waals surface area (Å²) in [6.45, 7) is 4.52. The highest BCUT2D eigenvalue weighted by Gasteiger charge is 2.46. The van der Waals surface area contributed by atoms with E-state index >= 15 is 0 Å². The molecule has 2 heteroatoms. The summed E-state index contributed by atoms with van der Waals surface area (Å²) in [4.78, 5) is 0. The third-order valence-electron chi connectivity index (χ3n) is 3.94. The van der Waals surface area contributed by atoms with E-state index in [0.29, 0.717) is 5.92 Å². The lowest BCUT2D eigenvalue weighted by Crippen LogP contribution is -2.38. The highest BCUT2D eigenvalue weighted by atomic mass is 16.6. The first-order valence-electron chi connectivity index (χ1n) is 5.48. The van der Waals surface area contributed by atoms with Crippen LogP contribution in [0, 0.1) is 11.8 Å². The number of aliphatic hydroxyl groups is 1. The van der Waals surface area contributed by atoms with Gasteiger partial charge in [0, 0.05) is 6.42 Å². The van der Waals surface area contributed by atoms with E-state index in [-0.39, 0.29) is 5.60 Å². The van der Waals surface area contributed by atoms with Gasteiger partial charge in [-0.25, -0.2) is 0 Å². The standard InChI is InChI=1S/C11H20O2/c1-8-3-5-11(6-4-8)9(2)7-10(12)13-11/h8-10,12H,3-7H2,1-2H3. The quantitative estimate of drug-likeness (QED) is 0.626. The first-order valence-corrected chi connectivity index (χ1v) is 5.48. The van der Waals surface area contributed by atoms with Gasteiger partial charge in [0.15, 0.2) is 6.29 Å². The minimum absolute atomic E-state index is 0.0337. The van der Waals surface area contributed by atoms with E-state index in [0.717, 1.165) is 25.2 Å². The van der Waals surface area contributed by atoms with Crippen molar-refractivity contribution in [1.82, 2.24) is 0 Å². The van der Waals surface area contributed by atoms with Gasteiger partial charge >= 0.3 is 0 Å². The summed E-state index contributed by atoms with van der Waals surface area (Å²) in [5.41, 5.74) is 0.0337. The van der Waals surface area contributed by atoms with Crippen LogP contribution in [0.4, 0.5) is 0 Å². The molecule has 0 radical (unpaired) electrons. The minimum Gasteiger partial charge on any atom is -0.368 e. The molecule has 1 spiro atoms. The summed E-state index contributed by atoms with van der Waals surface area (Å²) in [5.74, 6) is 1.38. The SMILES string of the molecule is CC1CCC2(CC1)OC(O)CC2C. The van der Waals surface area contributed by atoms with E-state index in [1.54, 1.807) is 0 Å². The monoisotopic (exact) mass is 184 g/mol. The molecule has 0 aromatic carbocycles. The zero-order valence-electron chi connectivity index (χ0n) is 8.62. The number of hydrogen-bond acceptors (Lipinski definition) is 2. The van der Waals surface area contributed by atoms with Gasteiger partial charge in [-0.1, -0.05) is 13.8 Å². The zero-order chi connectivity index (χ0) is 9.47. The van der Waals surface area contributed by atoms with Crippen molar-refractivity contribution in [2.45, 2.75) is 57.8 Å². The average molecular weight is 184 g/mol. The maximum absolute atomic E-state index is 9.46. The molecule has 2 rings (SSSR count). The van der Waals surface area contributed by atoms with Crippen LogP contribution in [-0.4, -0.2) is 17.0 Å². The summed E-state index contributed by atoms with van der Waals surface area (Å²) < 4.78 is 5.71. The molecule has 2 nitrogen and oxygen atoms in total. The average Bonchev–Trinajstić information content (AvgIpc) is 2.34. The van der Waals surface area contributed by atoms with Gasteiger partial charge in [0.2, 0.25) is 0 Å². The van der Waals surface area contributed by atoms with Gasteiger partial charge in [-0.05, 0) is 37.5 Å². The maximum atomic E-state index is 9.46. The van der Waals surface area contributed by atoms with Crippen LogP contribution in [0.15, 0.2) is 0 Å². The van der Waals surface area contributed by atoms with Gasteiger partial charge in [0.25, 0.3) is 0 Å². The van der Waals surface area contributed by atoms with Crippen molar-refractivity contribution in [2.75, 3.05) is 0 Å².